The number of nitrogens with zero attached hydrogens (tertiary/aromatic N) is 2. The van der Waals surface area contributed by atoms with Crippen molar-refractivity contribution < 1.29 is 23.0 Å². The van der Waals surface area contributed by atoms with Gasteiger partial charge >= 0.3 is 6.36 Å². The molecule has 1 aromatic heterocycles. The van der Waals surface area contributed by atoms with E-state index in [1.807, 2.05) is 20.8 Å². The van der Waals surface area contributed by atoms with Gasteiger partial charge in [0.1, 0.15) is 17.3 Å². The maximum absolute atomic E-state index is 12.6. The Hall–Kier alpha value is -3.49. The molecule has 0 fully saturated rings. The van der Waals surface area contributed by atoms with Crippen LogP contribution in [-0.4, -0.2) is 27.0 Å². The monoisotopic (exact) mass is 418 g/mol. The van der Waals surface area contributed by atoms with Gasteiger partial charge in [0.25, 0.3) is 0 Å². The number of anilines is 3. The minimum atomic E-state index is -4.78. The van der Waals surface area contributed by atoms with Crippen LogP contribution in [0.4, 0.5) is 30.6 Å². The number of aromatic hydroxyl groups is 1. The van der Waals surface area contributed by atoms with Gasteiger partial charge in [-0.2, -0.15) is 4.98 Å². The molecule has 0 saturated carbocycles. The maximum atomic E-state index is 12.6. The predicted molar refractivity (Wildman–Crippen MR) is 109 cm³/mol. The van der Waals surface area contributed by atoms with E-state index in [0.29, 0.717) is 28.7 Å². The average Bonchev–Trinajstić information content (AvgIpc) is 2.61. The molecule has 0 spiro atoms. The van der Waals surface area contributed by atoms with E-state index in [0.717, 1.165) is 0 Å². The summed E-state index contributed by atoms with van der Waals surface area (Å²) in [5.74, 6) is 0.528. The number of benzene rings is 2. The molecule has 0 amide bonds. The van der Waals surface area contributed by atoms with Gasteiger partial charge in [-0.3, -0.25) is 0 Å². The Labute approximate surface area is 171 Å². The summed E-state index contributed by atoms with van der Waals surface area (Å²) in [6, 6.07) is 13.6. The van der Waals surface area contributed by atoms with Gasteiger partial charge in [0, 0.05) is 22.9 Å². The second-order valence-electron chi connectivity index (χ2n) is 7.58. The molecule has 30 heavy (non-hydrogen) atoms. The van der Waals surface area contributed by atoms with Gasteiger partial charge in [-0.15, -0.1) is 13.2 Å². The highest BCUT2D eigenvalue weighted by Gasteiger charge is 2.31. The molecule has 0 atom stereocenters. The molecule has 2 aromatic carbocycles. The van der Waals surface area contributed by atoms with E-state index in [2.05, 4.69) is 25.3 Å². The predicted octanol–water partition coefficient (Wildman–Crippen LogP) is 5.70. The fraction of sp³-hybridized carbons (Fsp3) is 0.238. The Kier molecular flexibility index (Phi) is 5.73. The van der Waals surface area contributed by atoms with E-state index in [1.165, 1.54) is 30.3 Å². The molecule has 9 heteroatoms. The van der Waals surface area contributed by atoms with Crippen LogP contribution in [0, 0.1) is 0 Å². The summed E-state index contributed by atoms with van der Waals surface area (Å²) >= 11 is 0. The average molecular weight is 418 g/mol. The lowest BCUT2D eigenvalue weighted by atomic mass is 10.1. The SMILES string of the molecule is CC(C)(C)Nc1nc(Nc2ccc(O)cc2)cc(-c2cccc(OC(F)(F)F)c2)n1. The number of aromatic nitrogens is 2. The number of phenols is 1. The smallest absolute Gasteiger partial charge is 0.508 e. The van der Waals surface area contributed by atoms with Crippen molar-refractivity contribution in [2.24, 2.45) is 0 Å². The van der Waals surface area contributed by atoms with E-state index < -0.39 is 6.36 Å². The van der Waals surface area contributed by atoms with Crippen LogP contribution in [0.3, 0.4) is 0 Å². The second kappa shape index (κ2) is 8.10. The molecule has 0 unspecified atom stereocenters. The van der Waals surface area contributed by atoms with Gasteiger partial charge in [0.05, 0.1) is 5.69 Å². The summed E-state index contributed by atoms with van der Waals surface area (Å²) in [5, 5.41) is 15.7. The van der Waals surface area contributed by atoms with E-state index in [4.69, 9.17) is 0 Å². The highest BCUT2D eigenvalue weighted by atomic mass is 19.4. The van der Waals surface area contributed by atoms with Crippen molar-refractivity contribution in [3.8, 4) is 22.8 Å². The van der Waals surface area contributed by atoms with E-state index in [1.54, 1.807) is 24.3 Å². The largest absolute Gasteiger partial charge is 0.573 e. The van der Waals surface area contributed by atoms with Crippen molar-refractivity contribution >= 4 is 17.5 Å². The van der Waals surface area contributed by atoms with Crippen molar-refractivity contribution in [2.45, 2.75) is 32.7 Å². The quantitative estimate of drug-likeness (QED) is 0.461. The van der Waals surface area contributed by atoms with Crippen LogP contribution < -0.4 is 15.4 Å². The molecule has 1 heterocycles. The third-order valence-corrected chi connectivity index (χ3v) is 3.72. The molecule has 158 valence electrons. The van der Waals surface area contributed by atoms with Crippen LogP contribution in [0.1, 0.15) is 20.8 Å². The number of hydrogen-bond acceptors (Lipinski definition) is 6. The first-order chi connectivity index (χ1) is 14.0. The summed E-state index contributed by atoms with van der Waals surface area (Å²) in [7, 11) is 0. The van der Waals surface area contributed by atoms with Crippen LogP contribution in [0.2, 0.25) is 0 Å². The number of ether oxygens (including phenoxy) is 1. The lowest BCUT2D eigenvalue weighted by Gasteiger charge is -2.21. The van der Waals surface area contributed by atoms with E-state index in [9.17, 15) is 18.3 Å². The first kappa shape index (κ1) is 21.2. The number of halogens is 3. The molecule has 3 aromatic rings. The fourth-order valence-corrected chi connectivity index (χ4v) is 2.60. The number of rotatable bonds is 5. The third kappa shape index (κ3) is 6.26. The molecule has 0 bridgehead atoms. The van der Waals surface area contributed by atoms with Crippen molar-refractivity contribution in [2.75, 3.05) is 10.6 Å². The molecule has 0 aliphatic rings. The van der Waals surface area contributed by atoms with Crippen molar-refractivity contribution in [3.63, 3.8) is 0 Å². The Morgan fingerprint density at radius 1 is 0.933 bits per heavy atom. The summed E-state index contributed by atoms with van der Waals surface area (Å²) in [6.45, 7) is 5.82. The minimum absolute atomic E-state index is 0.125. The van der Waals surface area contributed by atoms with E-state index >= 15 is 0 Å². The van der Waals surface area contributed by atoms with Gasteiger partial charge < -0.3 is 20.5 Å². The lowest BCUT2D eigenvalue weighted by molar-refractivity contribution is -0.274. The lowest BCUT2D eigenvalue weighted by Crippen LogP contribution is -2.27. The summed E-state index contributed by atoms with van der Waals surface area (Å²) in [4.78, 5) is 8.88. The highest BCUT2D eigenvalue weighted by molar-refractivity contribution is 5.68. The van der Waals surface area contributed by atoms with Gasteiger partial charge in [-0.1, -0.05) is 12.1 Å². The molecule has 3 N–H and O–H groups in total. The van der Waals surface area contributed by atoms with Crippen molar-refractivity contribution in [1.29, 1.82) is 0 Å². The minimum Gasteiger partial charge on any atom is -0.508 e. The molecule has 0 aliphatic heterocycles. The summed E-state index contributed by atoms with van der Waals surface area (Å²) in [5.41, 5.74) is 1.18. The second-order valence-corrected chi connectivity index (χ2v) is 7.58. The normalized spacial score (nSPS) is 11.8. The van der Waals surface area contributed by atoms with Gasteiger partial charge in [-0.25, -0.2) is 4.98 Å². The maximum Gasteiger partial charge on any atom is 0.573 e. The zero-order valence-corrected chi connectivity index (χ0v) is 16.6. The molecule has 0 saturated heterocycles. The number of hydrogen-bond donors (Lipinski definition) is 3. The van der Waals surface area contributed by atoms with Crippen molar-refractivity contribution in [1.82, 2.24) is 9.97 Å². The molecule has 0 aliphatic carbocycles. The molecule has 3 rings (SSSR count). The molecular formula is C21H21F3N4O2. The summed E-state index contributed by atoms with van der Waals surface area (Å²) in [6.07, 6.45) is -4.78. The van der Waals surface area contributed by atoms with Crippen LogP contribution >= 0.6 is 0 Å². The molecule has 6 nitrogen and oxygen atoms in total. The Bertz CT molecular complexity index is 1020. The van der Waals surface area contributed by atoms with Crippen LogP contribution in [0.15, 0.2) is 54.6 Å². The number of nitrogens with one attached hydrogen (secondary N) is 2. The van der Waals surface area contributed by atoms with Gasteiger partial charge in [0.15, 0.2) is 0 Å². The Morgan fingerprint density at radius 3 is 2.27 bits per heavy atom. The van der Waals surface area contributed by atoms with E-state index in [-0.39, 0.29) is 17.0 Å². The number of phenolic OH excluding ortho intramolecular Hbond substituents is 1. The zero-order valence-electron chi connectivity index (χ0n) is 16.6. The highest BCUT2D eigenvalue weighted by Crippen LogP contribution is 2.30. The molecule has 0 radical (unpaired) electrons. The first-order valence-corrected chi connectivity index (χ1v) is 9.06. The first-order valence-electron chi connectivity index (χ1n) is 9.06. The Balaban J connectivity index is 1.99. The standard InChI is InChI=1S/C21H21F3N4O2/c1-20(2,3)28-19-26-17(13-5-4-6-16(11-13)30-21(22,23)24)12-18(27-19)25-14-7-9-15(29)10-8-14/h4-12,29H,1-3H3,(H2,25,26,27,28). The van der Waals surface area contributed by atoms with Crippen LogP contribution in [-0.2, 0) is 0 Å². The molecular weight excluding hydrogens is 397 g/mol. The van der Waals surface area contributed by atoms with Gasteiger partial charge in [0.2, 0.25) is 5.95 Å². The zero-order chi connectivity index (χ0) is 21.9. The fourth-order valence-electron chi connectivity index (χ4n) is 2.60. The van der Waals surface area contributed by atoms with Gasteiger partial charge in [-0.05, 0) is 57.2 Å². The third-order valence-electron chi connectivity index (χ3n) is 3.72. The number of alkyl halides is 3. The summed E-state index contributed by atoms with van der Waals surface area (Å²) < 4.78 is 41.7. The Morgan fingerprint density at radius 2 is 1.63 bits per heavy atom. The van der Waals surface area contributed by atoms with Crippen LogP contribution in [0.25, 0.3) is 11.3 Å². The van der Waals surface area contributed by atoms with Crippen molar-refractivity contribution in [3.05, 3.63) is 54.6 Å². The van der Waals surface area contributed by atoms with Crippen LogP contribution in [0.5, 0.6) is 11.5 Å². The topological polar surface area (TPSA) is 79.3 Å².